The second-order valence-corrected chi connectivity index (χ2v) is 5.50. The molecular formula is C12H29N3O. The van der Waals surface area contributed by atoms with E-state index in [2.05, 4.69) is 37.9 Å². The van der Waals surface area contributed by atoms with Crippen molar-refractivity contribution in [3.63, 3.8) is 0 Å². The van der Waals surface area contributed by atoms with E-state index in [9.17, 15) is 0 Å². The van der Waals surface area contributed by atoms with Gasteiger partial charge in [-0.05, 0) is 60.9 Å². The summed E-state index contributed by atoms with van der Waals surface area (Å²) in [6.45, 7) is 6.29. The van der Waals surface area contributed by atoms with E-state index >= 15 is 0 Å². The highest BCUT2D eigenvalue weighted by Crippen LogP contribution is 2.12. The third kappa shape index (κ3) is 7.17. The molecule has 2 atom stereocenters. The molecule has 4 nitrogen and oxygen atoms in total. The maximum atomic E-state index is 9.12. The van der Waals surface area contributed by atoms with Crippen LogP contribution in [0.25, 0.3) is 0 Å². The summed E-state index contributed by atoms with van der Waals surface area (Å²) in [6, 6.07) is 0.407. The van der Waals surface area contributed by atoms with Gasteiger partial charge in [0, 0.05) is 11.6 Å². The maximum Gasteiger partial charge on any atom is 0.0609 e. The number of aliphatic hydroxyl groups is 1. The minimum atomic E-state index is -0.463. The summed E-state index contributed by atoms with van der Waals surface area (Å²) >= 11 is 0. The molecule has 0 aliphatic heterocycles. The second-order valence-electron chi connectivity index (χ2n) is 5.50. The van der Waals surface area contributed by atoms with Gasteiger partial charge < -0.3 is 20.6 Å². The molecule has 0 aliphatic rings. The standard InChI is InChI=1S/C12H29N3O/c1-11(9-12(2,13)10-16)15(5)8-6-7-14(3)4/h11,16H,6-10,13H2,1-5H3. The minimum Gasteiger partial charge on any atom is -0.394 e. The van der Waals surface area contributed by atoms with Gasteiger partial charge in [0.1, 0.15) is 0 Å². The first-order chi connectivity index (χ1) is 7.28. The molecule has 0 heterocycles. The van der Waals surface area contributed by atoms with Gasteiger partial charge in [-0.25, -0.2) is 0 Å². The number of nitrogens with two attached hydrogens (primary N) is 1. The topological polar surface area (TPSA) is 52.7 Å². The van der Waals surface area contributed by atoms with Crippen LogP contribution in [-0.4, -0.2) is 67.3 Å². The Labute approximate surface area is 100 Å². The highest BCUT2D eigenvalue weighted by Gasteiger charge is 2.22. The number of aliphatic hydroxyl groups excluding tert-OH is 1. The molecular weight excluding hydrogens is 202 g/mol. The molecule has 0 spiro atoms. The van der Waals surface area contributed by atoms with Crippen molar-refractivity contribution >= 4 is 0 Å². The lowest BCUT2D eigenvalue weighted by Crippen LogP contribution is -2.46. The van der Waals surface area contributed by atoms with E-state index in [1.54, 1.807) is 0 Å². The van der Waals surface area contributed by atoms with E-state index in [-0.39, 0.29) is 6.61 Å². The Morgan fingerprint density at radius 2 is 1.81 bits per heavy atom. The first-order valence-corrected chi connectivity index (χ1v) is 6.03. The van der Waals surface area contributed by atoms with E-state index in [0.717, 1.165) is 25.9 Å². The van der Waals surface area contributed by atoms with Crippen LogP contribution in [0.5, 0.6) is 0 Å². The Kier molecular flexibility index (Phi) is 7.15. The van der Waals surface area contributed by atoms with Crippen molar-refractivity contribution in [1.29, 1.82) is 0 Å². The van der Waals surface area contributed by atoms with Crippen LogP contribution in [0.4, 0.5) is 0 Å². The van der Waals surface area contributed by atoms with E-state index in [1.165, 1.54) is 0 Å². The van der Waals surface area contributed by atoms with Gasteiger partial charge in [0.25, 0.3) is 0 Å². The fourth-order valence-corrected chi connectivity index (χ4v) is 1.75. The van der Waals surface area contributed by atoms with Crippen LogP contribution >= 0.6 is 0 Å². The molecule has 0 aromatic carbocycles. The SMILES string of the molecule is CC(CC(C)(N)CO)N(C)CCCN(C)C. The molecule has 98 valence electrons. The molecule has 0 amide bonds. The quantitative estimate of drug-likeness (QED) is 0.633. The predicted octanol–water partition coefficient (Wildman–Crippen LogP) is 0.358. The lowest BCUT2D eigenvalue weighted by molar-refractivity contribution is 0.151. The largest absolute Gasteiger partial charge is 0.394 e. The zero-order chi connectivity index (χ0) is 12.8. The van der Waals surface area contributed by atoms with E-state index < -0.39 is 5.54 Å². The smallest absolute Gasteiger partial charge is 0.0609 e. The van der Waals surface area contributed by atoms with Crippen LogP contribution in [0.1, 0.15) is 26.7 Å². The van der Waals surface area contributed by atoms with Crippen molar-refractivity contribution in [2.45, 2.75) is 38.3 Å². The van der Waals surface area contributed by atoms with Crippen molar-refractivity contribution < 1.29 is 5.11 Å². The van der Waals surface area contributed by atoms with Crippen LogP contribution in [0.2, 0.25) is 0 Å². The molecule has 0 aliphatic carbocycles. The molecule has 0 fully saturated rings. The van der Waals surface area contributed by atoms with Gasteiger partial charge in [0.05, 0.1) is 6.61 Å². The Morgan fingerprint density at radius 1 is 1.25 bits per heavy atom. The summed E-state index contributed by atoms with van der Waals surface area (Å²) in [4.78, 5) is 4.50. The summed E-state index contributed by atoms with van der Waals surface area (Å²) in [7, 11) is 6.30. The molecule has 0 aromatic rings. The molecule has 3 N–H and O–H groups in total. The van der Waals surface area contributed by atoms with Crippen LogP contribution in [0.15, 0.2) is 0 Å². The highest BCUT2D eigenvalue weighted by molar-refractivity contribution is 4.82. The Balaban J connectivity index is 3.85. The first-order valence-electron chi connectivity index (χ1n) is 6.03. The van der Waals surface area contributed by atoms with Crippen molar-refractivity contribution in [3.8, 4) is 0 Å². The van der Waals surface area contributed by atoms with Crippen LogP contribution < -0.4 is 5.73 Å². The second kappa shape index (κ2) is 7.22. The minimum absolute atomic E-state index is 0.0445. The first kappa shape index (κ1) is 15.8. The predicted molar refractivity (Wildman–Crippen MR) is 69.6 cm³/mol. The summed E-state index contributed by atoms with van der Waals surface area (Å²) < 4.78 is 0. The molecule has 0 saturated heterocycles. The van der Waals surface area contributed by atoms with Gasteiger partial charge in [-0.3, -0.25) is 0 Å². The van der Waals surface area contributed by atoms with E-state index in [1.807, 2.05) is 6.92 Å². The Bertz CT molecular complexity index is 183. The van der Waals surface area contributed by atoms with Crippen molar-refractivity contribution in [3.05, 3.63) is 0 Å². The third-order valence-electron chi connectivity index (χ3n) is 2.99. The van der Waals surface area contributed by atoms with Crippen molar-refractivity contribution in [2.75, 3.05) is 40.8 Å². The third-order valence-corrected chi connectivity index (χ3v) is 2.99. The average molecular weight is 231 g/mol. The molecule has 0 radical (unpaired) electrons. The van der Waals surface area contributed by atoms with Gasteiger partial charge in [0.2, 0.25) is 0 Å². The molecule has 0 bridgehead atoms. The molecule has 2 unspecified atom stereocenters. The Morgan fingerprint density at radius 3 is 2.25 bits per heavy atom. The molecule has 16 heavy (non-hydrogen) atoms. The monoisotopic (exact) mass is 231 g/mol. The number of hydrogen-bond donors (Lipinski definition) is 2. The number of nitrogens with zero attached hydrogens (tertiary/aromatic N) is 2. The fraction of sp³-hybridized carbons (Fsp3) is 1.00. The lowest BCUT2D eigenvalue weighted by Gasteiger charge is -2.31. The number of rotatable bonds is 8. The lowest BCUT2D eigenvalue weighted by atomic mass is 9.95. The zero-order valence-corrected chi connectivity index (χ0v) is 11.5. The van der Waals surface area contributed by atoms with E-state index in [4.69, 9.17) is 10.8 Å². The van der Waals surface area contributed by atoms with Gasteiger partial charge in [0.15, 0.2) is 0 Å². The van der Waals surface area contributed by atoms with Crippen molar-refractivity contribution in [2.24, 2.45) is 5.73 Å². The summed E-state index contributed by atoms with van der Waals surface area (Å²) in [5, 5.41) is 9.12. The van der Waals surface area contributed by atoms with Crippen molar-refractivity contribution in [1.82, 2.24) is 9.80 Å². The fourth-order valence-electron chi connectivity index (χ4n) is 1.75. The number of hydrogen-bond acceptors (Lipinski definition) is 4. The van der Waals surface area contributed by atoms with Gasteiger partial charge in [-0.15, -0.1) is 0 Å². The van der Waals surface area contributed by atoms with Gasteiger partial charge in [-0.1, -0.05) is 0 Å². The average Bonchev–Trinajstić information content (AvgIpc) is 2.16. The van der Waals surface area contributed by atoms with E-state index in [0.29, 0.717) is 6.04 Å². The van der Waals surface area contributed by atoms with Crippen LogP contribution in [-0.2, 0) is 0 Å². The molecule has 4 heteroatoms. The highest BCUT2D eigenvalue weighted by atomic mass is 16.3. The van der Waals surface area contributed by atoms with Crippen LogP contribution in [0, 0.1) is 0 Å². The summed E-state index contributed by atoms with van der Waals surface area (Å²) in [5.74, 6) is 0. The summed E-state index contributed by atoms with van der Waals surface area (Å²) in [5.41, 5.74) is 5.48. The Hall–Kier alpha value is -0.160. The van der Waals surface area contributed by atoms with Gasteiger partial charge >= 0.3 is 0 Å². The van der Waals surface area contributed by atoms with Crippen LogP contribution in [0.3, 0.4) is 0 Å². The zero-order valence-electron chi connectivity index (χ0n) is 11.5. The molecule has 0 aromatic heterocycles. The molecule has 0 rings (SSSR count). The summed E-state index contributed by atoms with van der Waals surface area (Å²) in [6.07, 6.45) is 1.98. The van der Waals surface area contributed by atoms with Gasteiger partial charge in [-0.2, -0.15) is 0 Å². The molecule has 0 saturated carbocycles. The maximum absolute atomic E-state index is 9.12. The normalized spacial score (nSPS) is 17.8.